The molecule has 5 nitrogen and oxygen atoms in total. The average molecular weight is 253 g/mol. The molecule has 0 fully saturated rings. The number of nitrogens with one attached hydrogen (secondary N) is 1. The summed E-state index contributed by atoms with van der Waals surface area (Å²) in [5.41, 5.74) is 0.386. The van der Waals surface area contributed by atoms with Gasteiger partial charge in [-0.05, 0) is 19.4 Å². The van der Waals surface area contributed by atoms with Crippen molar-refractivity contribution < 1.29 is 19.1 Å². The van der Waals surface area contributed by atoms with E-state index < -0.39 is 17.9 Å². The van der Waals surface area contributed by atoms with Crippen LogP contribution in [-0.4, -0.2) is 23.0 Å². The number of amides is 1. The summed E-state index contributed by atoms with van der Waals surface area (Å²) in [5, 5.41) is 11.6. The highest BCUT2D eigenvalue weighted by molar-refractivity contribution is 5.97. The van der Waals surface area contributed by atoms with E-state index in [0.717, 1.165) is 19.3 Å². The van der Waals surface area contributed by atoms with Crippen LogP contribution in [-0.2, 0) is 4.79 Å². The summed E-state index contributed by atoms with van der Waals surface area (Å²) in [7, 11) is 0. The van der Waals surface area contributed by atoms with Crippen molar-refractivity contribution in [1.82, 2.24) is 5.32 Å². The standard InChI is InChI=1S/C13H19NO4/c1-3-4-5-6-11(13(16)17)14-12(15)10-7-8-18-9(10)2/h7-8,11H,3-6H2,1-2H3,(H,14,15)(H,16,17). The minimum absolute atomic E-state index is 0.386. The maximum Gasteiger partial charge on any atom is 0.326 e. The number of furan rings is 1. The topological polar surface area (TPSA) is 79.5 Å². The van der Waals surface area contributed by atoms with E-state index in [1.54, 1.807) is 6.92 Å². The van der Waals surface area contributed by atoms with Gasteiger partial charge < -0.3 is 14.8 Å². The van der Waals surface area contributed by atoms with Gasteiger partial charge in [0, 0.05) is 0 Å². The zero-order valence-electron chi connectivity index (χ0n) is 10.7. The summed E-state index contributed by atoms with van der Waals surface area (Å²) in [4.78, 5) is 22.9. The lowest BCUT2D eigenvalue weighted by Gasteiger charge is -2.13. The fraction of sp³-hybridized carbons (Fsp3) is 0.538. The van der Waals surface area contributed by atoms with Crippen LogP contribution in [0.1, 0.15) is 48.7 Å². The van der Waals surface area contributed by atoms with Crippen LogP contribution in [0.2, 0.25) is 0 Å². The van der Waals surface area contributed by atoms with Gasteiger partial charge in [0.1, 0.15) is 11.8 Å². The molecule has 0 aromatic carbocycles. The van der Waals surface area contributed by atoms with Crippen LogP contribution in [0, 0.1) is 6.92 Å². The third-order valence-electron chi connectivity index (χ3n) is 2.80. The van der Waals surface area contributed by atoms with E-state index in [-0.39, 0.29) is 0 Å². The lowest BCUT2D eigenvalue weighted by atomic mass is 10.1. The number of carbonyl (C=O) groups is 2. The Kier molecular flexibility index (Phi) is 5.42. The predicted octanol–water partition coefficient (Wildman–Crippen LogP) is 2.35. The molecular weight excluding hydrogens is 234 g/mol. The van der Waals surface area contributed by atoms with Crippen molar-refractivity contribution in [3.8, 4) is 0 Å². The quantitative estimate of drug-likeness (QED) is 0.731. The molecule has 0 aliphatic heterocycles. The highest BCUT2D eigenvalue weighted by Crippen LogP contribution is 2.10. The smallest absolute Gasteiger partial charge is 0.326 e. The average Bonchev–Trinajstić information content (AvgIpc) is 2.74. The van der Waals surface area contributed by atoms with E-state index >= 15 is 0 Å². The zero-order valence-corrected chi connectivity index (χ0v) is 10.7. The van der Waals surface area contributed by atoms with Crippen molar-refractivity contribution in [3.63, 3.8) is 0 Å². The molecule has 0 bridgehead atoms. The minimum Gasteiger partial charge on any atom is -0.480 e. The van der Waals surface area contributed by atoms with Crippen LogP contribution >= 0.6 is 0 Å². The Bertz CT molecular complexity index is 411. The van der Waals surface area contributed by atoms with Crippen LogP contribution in [0.3, 0.4) is 0 Å². The van der Waals surface area contributed by atoms with Crippen LogP contribution in [0.4, 0.5) is 0 Å². The van der Waals surface area contributed by atoms with Gasteiger partial charge in [0.05, 0.1) is 11.8 Å². The normalized spacial score (nSPS) is 12.1. The van der Waals surface area contributed by atoms with E-state index in [9.17, 15) is 9.59 Å². The van der Waals surface area contributed by atoms with Crippen LogP contribution in [0.15, 0.2) is 16.7 Å². The summed E-state index contributed by atoms with van der Waals surface area (Å²) < 4.78 is 5.02. The van der Waals surface area contributed by atoms with E-state index in [4.69, 9.17) is 9.52 Å². The molecule has 2 N–H and O–H groups in total. The van der Waals surface area contributed by atoms with E-state index in [1.807, 2.05) is 6.92 Å². The Balaban J connectivity index is 2.58. The van der Waals surface area contributed by atoms with Gasteiger partial charge >= 0.3 is 5.97 Å². The predicted molar refractivity (Wildman–Crippen MR) is 66.5 cm³/mol. The van der Waals surface area contributed by atoms with E-state index in [2.05, 4.69) is 5.32 Å². The number of hydrogen-bond donors (Lipinski definition) is 2. The van der Waals surface area contributed by atoms with Gasteiger partial charge in [-0.25, -0.2) is 4.79 Å². The molecule has 1 heterocycles. The number of aliphatic carboxylic acids is 1. The molecule has 5 heteroatoms. The third-order valence-corrected chi connectivity index (χ3v) is 2.80. The molecule has 0 saturated carbocycles. The molecule has 1 unspecified atom stereocenters. The fourth-order valence-electron chi connectivity index (χ4n) is 1.71. The second-order valence-electron chi connectivity index (χ2n) is 4.25. The van der Waals surface area contributed by atoms with Crippen molar-refractivity contribution in [1.29, 1.82) is 0 Å². The first-order chi connectivity index (χ1) is 8.56. The second kappa shape index (κ2) is 6.83. The lowest BCUT2D eigenvalue weighted by molar-refractivity contribution is -0.139. The Morgan fingerprint density at radius 3 is 2.67 bits per heavy atom. The molecule has 0 spiro atoms. The number of aryl methyl sites for hydroxylation is 1. The summed E-state index contributed by atoms with van der Waals surface area (Å²) in [6.07, 6.45) is 4.63. The van der Waals surface area contributed by atoms with Crippen molar-refractivity contribution in [3.05, 3.63) is 23.7 Å². The lowest BCUT2D eigenvalue weighted by Crippen LogP contribution is -2.40. The molecule has 0 aliphatic rings. The van der Waals surface area contributed by atoms with Gasteiger partial charge in [-0.15, -0.1) is 0 Å². The number of hydrogen-bond acceptors (Lipinski definition) is 3. The molecule has 1 aromatic rings. The summed E-state index contributed by atoms with van der Waals surface area (Å²) in [5.74, 6) is -0.907. The van der Waals surface area contributed by atoms with E-state index in [0.29, 0.717) is 17.7 Å². The highest BCUT2D eigenvalue weighted by atomic mass is 16.4. The van der Waals surface area contributed by atoms with Crippen LogP contribution in [0.25, 0.3) is 0 Å². The molecule has 1 aromatic heterocycles. The first-order valence-electron chi connectivity index (χ1n) is 6.14. The first kappa shape index (κ1) is 14.3. The Labute approximate surface area is 106 Å². The van der Waals surface area contributed by atoms with Crippen molar-refractivity contribution >= 4 is 11.9 Å². The summed E-state index contributed by atoms with van der Waals surface area (Å²) in [6, 6.07) is 0.702. The fourth-order valence-corrected chi connectivity index (χ4v) is 1.71. The molecule has 18 heavy (non-hydrogen) atoms. The van der Waals surface area contributed by atoms with Gasteiger partial charge in [-0.3, -0.25) is 4.79 Å². The number of carboxylic acids is 1. The van der Waals surface area contributed by atoms with Gasteiger partial charge in [0.15, 0.2) is 0 Å². The highest BCUT2D eigenvalue weighted by Gasteiger charge is 2.21. The van der Waals surface area contributed by atoms with Gasteiger partial charge in [0.2, 0.25) is 0 Å². The second-order valence-corrected chi connectivity index (χ2v) is 4.25. The molecule has 1 atom stereocenters. The van der Waals surface area contributed by atoms with Crippen molar-refractivity contribution in [2.75, 3.05) is 0 Å². The Morgan fingerprint density at radius 1 is 1.44 bits per heavy atom. The molecular formula is C13H19NO4. The molecule has 1 amide bonds. The SMILES string of the molecule is CCCCCC(NC(=O)c1ccoc1C)C(=O)O. The van der Waals surface area contributed by atoms with Gasteiger partial charge in [-0.1, -0.05) is 26.2 Å². The first-order valence-corrected chi connectivity index (χ1v) is 6.14. The number of carboxylic acid groups (broad SMARTS) is 1. The summed E-state index contributed by atoms with van der Waals surface area (Å²) >= 11 is 0. The monoisotopic (exact) mass is 253 g/mol. The van der Waals surface area contributed by atoms with Crippen molar-refractivity contribution in [2.24, 2.45) is 0 Å². The van der Waals surface area contributed by atoms with Crippen LogP contribution < -0.4 is 5.32 Å². The maximum atomic E-state index is 11.8. The largest absolute Gasteiger partial charge is 0.480 e. The molecule has 0 saturated heterocycles. The van der Waals surface area contributed by atoms with E-state index in [1.165, 1.54) is 12.3 Å². The maximum absolute atomic E-state index is 11.8. The number of rotatable bonds is 7. The summed E-state index contributed by atoms with van der Waals surface area (Å²) in [6.45, 7) is 3.71. The molecule has 0 radical (unpaired) electrons. The van der Waals surface area contributed by atoms with Crippen LogP contribution in [0.5, 0.6) is 0 Å². The Morgan fingerprint density at radius 2 is 2.17 bits per heavy atom. The van der Waals surface area contributed by atoms with Crippen molar-refractivity contribution in [2.45, 2.75) is 45.6 Å². The minimum atomic E-state index is -0.999. The zero-order chi connectivity index (χ0) is 13.5. The number of unbranched alkanes of at least 4 members (excludes halogenated alkanes) is 2. The molecule has 1 rings (SSSR count). The third kappa shape index (κ3) is 3.91. The molecule has 100 valence electrons. The number of carbonyl (C=O) groups excluding carboxylic acids is 1. The Hall–Kier alpha value is -1.78. The van der Waals surface area contributed by atoms with Gasteiger partial charge in [0.25, 0.3) is 5.91 Å². The van der Waals surface area contributed by atoms with Gasteiger partial charge in [-0.2, -0.15) is 0 Å². The molecule has 0 aliphatic carbocycles.